The highest BCUT2D eigenvalue weighted by Crippen LogP contribution is 2.24. The Kier molecular flexibility index (Phi) is 4.96. The normalized spacial score (nSPS) is 15.3. The highest BCUT2D eigenvalue weighted by atomic mass is 32.2. The van der Waals surface area contributed by atoms with E-state index in [1.807, 2.05) is 17.9 Å². The second kappa shape index (κ2) is 7.01. The summed E-state index contributed by atoms with van der Waals surface area (Å²) in [6.07, 6.45) is 1.65. The van der Waals surface area contributed by atoms with Gasteiger partial charge in [0.15, 0.2) is 0 Å². The first-order valence-corrected chi connectivity index (χ1v) is 10.2. The topological polar surface area (TPSA) is 82.6 Å². The summed E-state index contributed by atoms with van der Waals surface area (Å²) in [4.78, 5) is 20.5. The van der Waals surface area contributed by atoms with Gasteiger partial charge in [-0.15, -0.1) is 11.3 Å². The van der Waals surface area contributed by atoms with Crippen LogP contribution in [0.2, 0.25) is 0 Å². The molecule has 1 aliphatic heterocycles. The van der Waals surface area contributed by atoms with E-state index in [1.165, 1.54) is 11.3 Å². The average molecular weight is 380 g/mol. The zero-order valence-electron chi connectivity index (χ0n) is 14.1. The molecule has 134 valence electrons. The molecular formula is C16H20N4O3S2. The number of aryl methyl sites for hydroxylation is 1. The van der Waals surface area contributed by atoms with Gasteiger partial charge in [0.2, 0.25) is 5.91 Å². The Balaban J connectivity index is 1.66. The molecule has 0 aliphatic carbocycles. The lowest BCUT2D eigenvalue weighted by Crippen LogP contribution is -2.48. The smallest absolute Gasteiger partial charge is 0.272 e. The van der Waals surface area contributed by atoms with Gasteiger partial charge in [-0.3, -0.25) is 9.52 Å². The zero-order valence-corrected chi connectivity index (χ0v) is 15.7. The lowest BCUT2D eigenvalue weighted by Gasteiger charge is -2.35. The lowest BCUT2D eigenvalue weighted by molar-refractivity contribution is -0.129. The van der Waals surface area contributed by atoms with Gasteiger partial charge in [0.25, 0.3) is 10.0 Å². The number of anilines is 2. The predicted octanol–water partition coefficient (Wildman–Crippen LogP) is 1.92. The molecule has 0 saturated carbocycles. The minimum absolute atomic E-state index is 0.0892. The number of piperazine rings is 1. The van der Waals surface area contributed by atoms with Crippen molar-refractivity contribution in [3.63, 3.8) is 0 Å². The molecule has 0 atom stereocenters. The standard InChI is InChI=1S/C16H20N4O3S2/c1-12-3-6-16(24-12)25(22,23)18-15-5-4-14(11-17-15)20-9-7-19(8-10-20)13(2)21/h3-6,11H,7-10H2,1-2H3,(H,17,18). The first kappa shape index (κ1) is 17.7. The van der Waals surface area contributed by atoms with Crippen molar-refractivity contribution in [3.05, 3.63) is 35.3 Å². The summed E-state index contributed by atoms with van der Waals surface area (Å²) in [5.41, 5.74) is 0.915. The van der Waals surface area contributed by atoms with Crippen LogP contribution in [0, 0.1) is 6.92 Å². The quantitative estimate of drug-likeness (QED) is 0.876. The van der Waals surface area contributed by atoms with E-state index in [9.17, 15) is 13.2 Å². The summed E-state index contributed by atoms with van der Waals surface area (Å²) in [5, 5.41) is 0. The van der Waals surface area contributed by atoms with Gasteiger partial charge in [0, 0.05) is 38.0 Å². The van der Waals surface area contributed by atoms with Crippen LogP contribution in [-0.2, 0) is 14.8 Å². The van der Waals surface area contributed by atoms with Crippen LogP contribution in [0.25, 0.3) is 0 Å². The van der Waals surface area contributed by atoms with Crippen molar-refractivity contribution in [3.8, 4) is 0 Å². The van der Waals surface area contributed by atoms with E-state index in [1.54, 1.807) is 31.3 Å². The number of aromatic nitrogens is 1. The third-order valence-electron chi connectivity index (χ3n) is 4.06. The van der Waals surface area contributed by atoms with Crippen LogP contribution in [0.3, 0.4) is 0 Å². The molecule has 3 heterocycles. The molecule has 1 fully saturated rings. The molecule has 0 bridgehead atoms. The molecule has 0 radical (unpaired) electrons. The van der Waals surface area contributed by atoms with E-state index < -0.39 is 10.0 Å². The van der Waals surface area contributed by atoms with Gasteiger partial charge >= 0.3 is 0 Å². The minimum atomic E-state index is -3.60. The van der Waals surface area contributed by atoms with E-state index >= 15 is 0 Å². The number of nitrogens with zero attached hydrogens (tertiary/aromatic N) is 3. The molecule has 7 nitrogen and oxygen atoms in total. The number of carbonyl (C=O) groups is 1. The van der Waals surface area contributed by atoms with Crippen LogP contribution < -0.4 is 9.62 Å². The van der Waals surface area contributed by atoms with Crippen LogP contribution in [0.15, 0.2) is 34.7 Å². The second-order valence-electron chi connectivity index (χ2n) is 5.87. The van der Waals surface area contributed by atoms with Crippen molar-refractivity contribution >= 4 is 38.8 Å². The number of rotatable bonds is 4. The third-order valence-corrected chi connectivity index (χ3v) is 6.90. The maximum atomic E-state index is 12.3. The molecule has 0 unspecified atom stereocenters. The Labute approximate surface area is 151 Å². The number of thiophene rings is 1. The number of amides is 1. The molecule has 9 heteroatoms. The minimum Gasteiger partial charge on any atom is -0.367 e. The molecule has 2 aromatic heterocycles. The first-order chi connectivity index (χ1) is 11.8. The number of sulfonamides is 1. The lowest BCUT2D eigenvalue weighted by atomic mass is 10.2. The van der Waals surface area contributed by atoms with E-state index in [-0.39, 0.29) is 15.9 Å². The van der Waals surface area contributed by atoms with Crippen LogP contribution in [0.5, 0.6) is 0 Å². The van der Waals surface area contributed by atoms with Gasteiger partial charge < -0.3 is 9.80 Å². The number of carbonyl (C=O) groups excluding carboxylic acids is 1. The Bertz CT molecular complexity index is 854. The number of pyridine rings is 1. The summed E-state index contributed by atoms with van der Waals surface area (Å²) in [5.74, 6) is 0.378. The summed E-state index contributed by atoms with van der Waals surface area (Å²) in [7, 11) is -3.60. The number of hydrogen-bond donors (Lipinski definition) is 1. The summed E-state index contributed by atoms with van der Waals surface area (Å²) in [6, 6.07) is 6.86. The Morgan fingerprint density at radius 1 is 1.16 bits per heavy atom. The molecule has 25 heavy (non-hydrogen) atoms. The molecule has 2 aromatic rings. The van der Waals surface area contributed by atoms with Crippen LogP contribution in [-0.4, -0.2) is 50.4 Å². The maximum absolute atomic E-state index is 12.3. The SMILES string of the molecule is CC(=O)N1CCN(c2ccc(NS(=O)(=O)c3ccc(C)s3)nc2)CC1. The monoisotopic (exact) mass is 380 g/mol. The molecular weight excluding hydrogens is 360 g/mol. The highest BCUT2D eigenvalue weighted by molar-refractivity contribution is 7.94. The van der Waals surface area contributed by atoms with Crippen molar-refractivity contribution in [1.29, 1.82) is 0 Å². The van der Waals surface area contributed by atoms with Gasteiger partial charge in [-0.2, -0.15) is 0 Å². The van der Waals surface area contributed by atoms with Crippen LogP contribution >= 0.6 is 11.3 Å². The van der Waals surface area contributed by atoms with Crippen molar-refractivity contribution in [2.24, 2.45) is 0 Å². The van der Waals surface area contributed by atoms with E-state index in [0.717, 1.165) is 23.7 Å². The van der Waals surface area contributed by atoms with Crippen molar-refractivity contribution in [2.45, 2.75) is 18.1 Å². The molecule has 1 saturated heterocycles. The predicted molar refractivity (Wildman–Crippen MR) is 98.6 cm³/mol. The van der Waals surface area contributed by atoms with E-state index in [0.29, 0.717) is 13.1 Å². The Morgan fingerprint density at radius 2 is 1.88 bits per heavy atom. The zero-order chi connectivity index (χ0) is 18.0. The molecule has 3 rings (SSSR count). The van der Waals surface area contributed by atoms with Gasteiger partial charge in [-0.1, -0.05) is 0 Å². The van der Waals surface area contributed by atoms with E-state index in [2.05, 4.69) is 14.6 Å². The van der Waals surface area contributed by atoms with Crippen molar-refractivity contribution in [1.82, 2.24) is 9.88 Å². The third kappa shape index (κ3) is 4.10. The fraction of sp³-hybridized carbons (Fsp3) is 0.375. The van der Waals surface area contributed by atoms with Crippen molar-refractivity contribution < 1.29 is 13.2 Å². The molecule has 1 aliphatic rings. The molecule has 0 spiro atoms. The van der Waals surface area contributed by atoms with Crippen LogP contribution in [0.1, 0.15) is 11.8 Å². The van der Waals surface area contributed by atoms with Crippen molar-refractivity contribution in [2.75, 3.05) is 35.8 Å². The summed E-state index contributed by atoms with van der Waals surface area (Å²) >= 11 is 1.22. The number of nitrogens with one attached hydrogen (secondary N) is 1. The molecule has 1 amide bonds. The van der Waals surface area contributed by atoms with Gasteiger partial charge in [-0.25, -0.2) is 13.4 Å². The maximum Gasteiger partial charge on any atom is 0.272 e. The fourth-order valence-electron chi connectivity index (χ4n) is 2.66. The second-order valence-corrected chi connectivity index (χ2v) is 9.06. The molecule has 0 aromatic carbocycles. The Morgan fingerprint density at radius 3 is 2.40 bits per heavy atom. The van der Waals surface area contributed by atoms with Gasteiger partial charge in [0.05, 0.1) is 11.9 Å². The largest absolute Gasteiger partial charge is 0.367 e. The highest BCUT2D eigenvalue weighted by Gasteiger charge is 2.20. The number of hydrogen-bond acceptors (Lipinski definition) is 6. The molecule has 1 N–H and O–H groups in total. The summed E-state index contributed by atoms with van der Waals surface area (Å²) < 4.78 is 27.4. The Hall–Kier alpha value is -2.13. The van der Waals surface area contributed by atoms with Gasteiger partial charge in [-0.05, 0) is 31.2 Å². The average Bonchev–Trinajstić information content (AvgIpc) is 3.03. The summed E-state index contributed by atoms with van der Waals surface area (Å²) in [6.45, 7) is 6.28. The first-order valence-electron chi connectivity index (χ1n) is 7.91. The van der Waals surface area contributed by atoms with Crippen LogP contribution in [0.4, 0.5) is 11.5 Å². The van der Waals surface area contributed by atoms with E-state index in [4.69, 9.17) is 0 Å². The fourth-order valence-corrected chi connectivity index (χ4v) is 4.95. The van der Waals surface area contributed by atoms with Gasteiger partial charge in [0.1, 0.15) is 10.0 Å².